The summed E-state index contributed by atoms with van der Waals surface area (Å²) in [6.07, 6.45) is 1.80. The highest BCUT2D eigenvalue weighted by molar-refractivity contribution is 6.74. The van der Waals surface area contributed by atoms with Crippen molar-refractivity contribution in [2.75, 3.05) is 6.54 Å². The van der Waals surface area contributed by atoms with Crippen molar-refractivity contribution in [1.82, 2.24) is 14.9 Å². The lowest BCUT2D eigenvalue weighted by atomic mass is 10.1. The van der Waals surface area contributed by atoms with Crippen molar-refractivity contribution in [2.24, 2.45) is 5.92 Å². The lowest BCUT2D eigenvalue weighted by molar-refractivity contribution is -0.110. The number of hydrogen-bond acceptors (Lipinski definition) is 5. The van der Waals surface area contributed by atoms with Gasteiger partial charge in [-0.15, -0.1) is 0 Å². The van der Waals surface area contributed by atoms with Crippen LogP contribution in [0, 0.1) is 11.7 Å². The van der Waals surface area contributed by atoms with Crippen molar-refractivity contribution >= 4 is 31.7 Å². The monoisotopic (exact) mass is 503 g/mol. The summed E-state index contributed by atoms with van der Waals surface area (Å²) in [7, 11) is -2.07. The molecule has 0 bridgehead atoms. The van der Waals surface area contributed by atoms with Gasteiger partial charge in [-0.05, 0) is 68.9 Å². The van der Waals surface area contributed by atoms with Gasteiger partial charge in [-0.1, -0.05) is 20.8 Å². The zero-order valence-electron chi connectivity index (χ0n) is 22.1. The summed E-state index contributed by atoms with van der Waals surface area (Å²) in [6, 6.07) is 1.48. The van der Waals surface area contributed by atoms with Gasteiger partial charge < -0.3 is 18.9 Å². The molecular formula is C26H38FN3O4Si. The molecule has 1 fully saturated rings. The average Bonchev–Trinajstić information content (AvgIpc) is 3.41. The van der Waals surface area contributed by atoms with Crippen molar-refractivity contribution in [1.29, 1.82) is 0 Å². The highest BCUT2D eigenvalue weighted by Gasteiger charge is 2.46. The van der Waals surface area contributed by atoms with Crippen LogP contribution in [-0.4, -0.2) is 53.8 Å². The normalized spacial score (nSPS) is 23.1. The van der Waals surface area contributed by atoms with E-state index in [1.54, 1.807) is 4.90 Å². The van der Waals surface area contributed by atoms with Gasteiger partial charge >= 0.3 is 6.09 Å². The number of aromatic nitrogens is 2. The Balaban J connectivity index is 1.67. The number of halogens is 1. The van der Waals surface area contributed by atoms with Crippen LogP contribution < -0.4 is 0 Å². The number of fused-ring (bicyclic) bond motifs is 2. The molecule has 0 radical (unpaired) electrons. The van der Waals surface area contributed by atoms with Gasteiger partial charge in [0.05, 0.1) is 17.7 Å². The molecule has 1 aliphatic heterocycles. The van der Waals surface area contributed by atoms with E-state index in [-0.39, 0.29) is 28.4 Å². The second-order valence-electron chi connectivity index (χ2n) is 12.5. The summed E-state index contributed by atoms with van der Waals surface area (Å²) in [6.45, 7) is 16.9. The van der Waals surface area contributed by atoms with Crippen LogP contribution in [0.15, 0.2) is 6.07 Å². The van der Waals surface area contributed by atoms with Crippen LogP contribution in [0.1, 0.15) is 71.0 Å². The number of likely N-dealkylation sites (tertiary alicyclic amines) is 1. The van der Waals surface area contributed by atoms with Crippen molar-refractivity contribution in [3.8, 4) is 0 Å². The third-order valence-corrected chi connectivity index (χ3v) is 12.1. The number of nitrogens with zero attached hydrogens (tertiary/aromatic N) is 2. The minimum absolute atomic E-state index is 0.0320. The number of carbonyl (C=O) groups excluding carboxylic acids is 2. The molecule has 0 saturated carbocycles. The average molecular weight is 504 g/mol. The molecule has 192 valence electrons. The zero-order valence-corrected chi connectivity index (χ0v) is 23.1. The molecule has 0 spiro atoms. The van der Waals surface area contributed by atoms with Crippen molar-refractivity contribution < 1.29 is 23.1 Å². The SMILES string of the molecule is CC(C)(C)OC(=O)N1C[C@H](O[Si](C)(C)C(C)(C)C)C[C@H]1c1nc2c(F)c3c(cc2[nH]1)CC(C=O)C3. The highest BCUT2D eigenvalue weighted by Crippen LogP contribution is 2.42. The first-order chi connectivity index (χ1) is 16.1. The van der Waals surface area contributed by atoms with E-state index in [2.05, 4.69) is 43.8 Å². The third kappa shape index (κ3) is 5.02. The largest absolute Gasteiger partial charge is 0.444 e. The lowest BCUT2D eigenvalue weighted by Crippen LogP contribution is -2.45. The smallest absolute Gasteiger partial charge is 0.411 e. The van der Waals surface area contributed by atoms with Crippen LogP contribution in [0.25, 0.3) is 11.0 Å². The summed E-state index contributed by atoms with van der Waals surface area (Å²) >= 11 is 0. The molecule has 35 heavy (non-hydrogen) atoms. The van der Waals surface area contributed by atoms with E-state index < -0.39 is 26.1 Å². The molecular weight excluding hydrogens is 465 g/mol. The summed E-state index contributed by atoms with van der Waals surface area (Å²) in [4.78, 5) is 34.0. The molecule has 2 heterocycles. The van der Waals surface area contributed by atoms with Gasteiger partial charge in [0.1, 0.15) is 23.2 Å². The summed E-state index contributed by atoms with van der Waals surface area (Å²) in [5.41, 5.74) is 1.61. The Morgan fingerprint density at radius 1 is 1.23 bits per heavy atom. The van der Waals surface area contributed by atoms with Crippen LogP contribution in [0.5, 0.6) is 0 Å². The lowest BCUT2D eigenvalue weighted by Gasteiger charge is -2.38. The highest BCUT2D eigenvalue weighted by atomic mass is 28.4. The second-order valence-corrected chi connectivity index (χ2v) is 17.3. The molecule has 1 aliphatic carbocycles. The predicted octanol–water partition coefficient (Wildman–Crippen LogP) is 5.69. The number of amides is 1. The first-order valence-corrected chi connectivity index (χ1v) is 15.3. The Labute approximate surface area is 207 Å². The first kappa shape index (κ1) is 25.8. The standard InChI is InChI=1S/C26H38FN3O4Si/c1-25(2,3)33-24(32)30-13-17(34-35(7,8)26(4,5)6)12-20(30)23-28-19-11-16-9-15(14-31)10-18(16)21(27)22(19)29-23/h11,14-15,17,20H,9-10,12-13H2,1-8H3,(H,28,29)/t15?,17-,20+/m1/s1. The van der Waals surface area contributed by atoms with Crippen LogP contribution in [0.2, 0.25) is 18.1 Å². The quantitative estimate of drug-likeness (QED) is 0.428. The zero-order chi connectivity index (χ0) is 25.9. The maximum atomic E-state index is 15.4. The molecule has 9 heteroatoms. The third-order valence-electron chi connectivity index (χ3n) is 7.54. The fourth-order valence-corrected chi connectivity index (χ4v) is 6.11. The number of aldehydes is 1. The second kappa shape index (κ2) is 8.69. The fraction of sp³-hybridized carbons (Fsp3) is 0.654. The number of nitrogens with one attached hydrogen (secondary N) is 1. The van der Waals surface area contributed by atoms with E-state index in [1.165, 1.54) is 0 Å². The molecule has 4 rings (SSSR count). The fourth-order valence-electron chi connectivity index (χ4n) is 4.75. The number of H-pyrrole nitrogens is 1. The van der Waals surface area contributed by atoms with Gasteiger partial charge in [-0.3, -0.25) is 4.90 Å². The van der Waals surface area contributed by atoms with E-state index in [0.717, 1.165) is 11.8 Å². The number of imidazole rings is 1. The van der Waals surface area contributed by atoms with Gasteiger partial charge in [0.15, 0.2) is 14.1 Å². The molecule has 3 atom stereocenters. The molecule has 1 aromatic carbocycles. The molecule has 7 nitrogen and oxygen atoms in total. The van der Waals surface area contributed by atoms with Gasteiger partial charge in [0.25, 0.3) is 0 Å². The summed E-state index contributed by atoms with van der Waals surface area (Å²) < 4.78 is 27.7. The molecule has 1 N–H and O–H groups in total. The number of ether oxygens (including phenoxy) is 1. The molecule has 1 saturated heterocycles. The van der Waals surface area contributed by atoms with Crippen molar-refractivity contribution in [3.05, 3.63) is 28.8 Å². The first-order valence-electron chi connectivity index (χ1n) is 12.4. The summed E-state index contributed by atoms with van der Waals surface area (Å²) in [5.74, 6) is -0.0295. The Morgan fingerprint density at radius 3 is 2.51 bits per heavy atom. The maximum absolute atomic E-state index is 15.4. The number of aromatic amines is 1. The van der Waals surface area contributed by atoms with Gasteiger partial charge in [0.2, 0.25) is 0 Å². The maximum Gasteiger partial charge on any atom is 0.411 e. The van der Waals surface area contributed by atoms with Gasteiger partial charge in [0, 0.05) is 18.9 Å². The summed E-state index contributed by atoms with van der Waals surface area (Å²) in [5, 5.41) is 0.0320. The van der Waals surface area contributed by atoms with Crippen molar-refractivity contribution in [2.45, 2.75) is 96.7 Å². The van der Waals surface area contributed by atoms with E-state index in [4.69, 9.17) is 9.16 Å². The number of carbonyl (C=O) groups is 2. The van der Waals surface area contributed by atoms with Crippen LogP contribution >= 0.6 is 0 Å². The van der Waals surface area contributed by atoms with E-state index >= 15 is 4.39 Å². The Kier molecular flexibility index (Phi) is 6.41. The molecule has 1 amide bonds. The topological polar surface area (TPSA) is 84.5 Å². The van der Waals surface area contributed by atoms with E-state index in [1.807, 2.05) is 26.8 Å². The van der Waals surface area contributed by atoms with Crippen molar-refractivity contribution in [3.63, 3.8) is 0 Å². The van der Waals surface area contributed by atoms with Gasteiger partial charge in [-0.25, -0.2) is 14.2 Å². The number of benzene rings is 1. The van der Waals surface area contributed by atoms with Crippen LogP contribution in [-0.2, 0) is 26.8 Å². The Morgan fingerprint density at radius 2 is 1.91 bits per heavy atom. The molecule has 1 unspecified atom stereocenters. The molecule has 2 aromatic rings. The van der Waals surface area contributed by atoms with E-state index in [0.29, 0.717) is 42.7 Å². The van der Waals surface area contributed by atoms with Gasteiger partial charge in [-0.2, -0.15) is 0 Å². The number of hydrogen-bond donors (Lipinski definition) is 1. The minimum atomic E-state index is -2.07. The van der Waals surface area contributed by atoms with Crippen LogP contribution in [0.3, 0.4) is 0 Å². The Bertz CT molecular complexity index is 1150. The predicted molar refractivity (Wildman–Crippen MR) is 135 cm³/mol. The minimum Gasteiger partial charge on any atom is -0.444 e. The molecule has 1 aromatic heterocycles. The number of rotatable bonds is 4. The Hall–Kier alpha value is -2.26. The van der Waals surface area contributed by atoms with E-state index in [9.17, 15) is 9.59 Å². The molecule has 2 aliphatic rings. The van der Waals surface area contributed by atoms with Crippen LogP contribution in [0.4, 0.5) is 9.18 Å².